The number of nitrogens with zero attached hydrogens (tertiary/aromatic N) is 1. The van der Waals surface area contributed by atoms with Gasteiger partial charge in [0.2, 0.25) is 0 Å². The Hall–Kier alpha value is -2.38. The summed E-state index contributed by atoms with van der Waals surface area (Å²) in [6.45, 7) is 0. The highest BCUT2D eigenvalue weighted by atomic mass is 19.4. The Bertz CT molecular complexity index is 774. The molecule has 1 atom stereocenters. The molecule has 0 aromatic heterocycles. The fourth-order valence-electron chi connectivity index (χ4n) is 2.59. The minimum Gasteiger partial charge on any atom is -0.320 e. The lowest BCUT2D eigenvalue weighted by Gasteiger charge is -2.28. The number of carbonyl (C=O) groups excluding carboxylic acids is 1. The minimum absolute atomic E-state index is 0.242. The van der Waals surface area contributed by atoms with E-state index in [9.17, 15) is 23.2 Å². The summed E-state index contributed by atoms with van der Waals surface area (Å²) < 4.78 is 38.4. The molecule has 2 aromatic rings. The second kappa shape index (κ2) is 5.36. The van der Waals surface area contributed by atoms with Crippen molar-refractivity contribution in [1.29, 1.82) is 0 Å². The van der Waals surface area contributed by atoms with E-state index < -0.39 is 23.7 Å². The summed E-state index contributed by atoms with van der Waals surface area (Å²) in [6, 6.07) is 8.82. The Morgan fingerprint density at radius 3 is 2.52 bits per heavy atom. The molecule has 0 saturated heterocycles. The van der Waals surface area contributed by atoms with Crippen LogP contribution in [0.1, 0.15) is 11.1 Å². The normalized spacial score (nSPS) is 18.0. The van der Waals surface area contributed by atoms with Gasteiger partial charge in [0.1, 0.15) is 0 Å². The number of benzene rings is 2. The van der Waals surface area contributed by atoms with Crippen LogP contribution in [0, 0.1) is 0 Å². The van der Waals surface area contributed by atoms with E-state index in [-0.39, 0.29) is 12.1 Å². The number of nitrogens with two attached hydrogens (primary N) is 1. The number of rotatable bonds is 1. The summed E-state index contributed by atoms with van der Waals surface area (Å²) in [6.07, 6.45) is -4.16. The van der Waals surface area contributed by atoms with Crippen LogP contribution >= 0.6 is 0 Å². The number of amides is 1. The van der Waals surface area contributed by atoms with Crippen molar-refractivity contribution in [1.82, 2.24) is 0 Å². The van der Waals surface area contributed by atoms with Gasteiger partial charge in [0.25, 0.3) is 5.91 Å². The van der Waals surface area contributed by atoms with Gasteiger partial charge in [-0.25, -0.2) is 0 Å². The predicted octanol–water partition coefficient (Wildman–Crippen LogP) is 2.98. The van der Waals surface area contributed by atoms with Crippen molar-refractivity contribution in [3.8, 4) is 11.1 Å². The SMILES string of the molecule is NC1Cc2ccc(-c3cccc(C(F)(F)F)c3)cc2N(O)C1=O. The number of hydrogen-bond acceptors (Lipinski definition) is 3. The summed E-state index contributed by atoms with van der Waals surface area (Å²) in [5, 5.41) is 10.3. The molecule has 0 bridgehead atoms. The molecule has 1 heterocycles. The zero-order chi connectivity index (χ0) is 16.8. The highest BCUT2D eigenvalue weighted by Gasteiger charge is 2.31. The van der Waals surface area contributed by atoms with Crippen molar-refractivity contribution < 1.29 is 23.2 Å². The minimum atomic E-state index is -4.43. The molecule has 0 fully saturated rings. The lowest BCUT2D eigenvalue weighted by Crippen LogP contribution is -2.47. The zero-order valence-corrected chi connectivity index (χ0v) is 11.8. The number of anilines is 1. The van der Waals surface area contributed by atoms with Gasteiger partial charge in [-0.1, -0.05) is 24.3 Å². The Labute approximate surface area is 129 Å². The summed E-state index contributed by atoms with van der Waals surface area (Å²) >= 11 is 0. The molecule has 0 aliphatic carbocycles. The van der Waals surface area contributed by atoms with Crippen LogP contribution in [0.2, 0.25) is 0 Å². The summed E-state index contributed by atoms with van der Waals surface area (Å²) in [7, 11) is 0. The predicted molar refractivity (Wildman–Crippen MR) is 77.8 cm³/mol. The molecular formula is C16H13F3N2O2. The van der Waals surface area contributed by atoms with Crippen LogP contribution in [0.3, 0.4) is 0 Å². The first-order chi connectivity index (χ1) is 10.8. The van der Waals surface area contributed by atoms with Crippen LogP contribution in [0.15, 0.2) is 42.5 Å². The number of hydroxylamine groups is 1. The Balaban J connectivity index is 2.05. The second-order valence-electron chi connectivity index (χ2n) is 5.38. The summed E-state index contributed by atoms with van der Waals surface area (Å²) in [4.78, 5) is 11.7. The molecule has 4 nitrogen and oxygen atoms in total. The molecule has 7 heteroatoms. The topological polar surface area (TPSA) is 66.6 Å². The fourth-order valence-corrected chi connectivity index (χ4v) is 2.59. The fraction of sp³-hybridized carbons (Fsp3) is 0.188. The molecule has 0 spiro atoms. The van der Waals surface area contributed by atoms with Crippen molar-refractivity contribution >= 4 is 11.6 Å². The Morgan fingerprint density at radius 1 is 1.13 bits per heavy atom. The highest BCUT2D eigenvalue weighted by molar-refractivity contribution is 5.98. The number of halogens is 3. The zero-order valence-electron chi connectivity index (χ0n) is 11.8. The average molecular weight is 322 g/mol. The van der Waals surface area contributed by atoms with Gasteiger partial charge in [0, 0.05) is 0 Å². The van der Waals surface area contributed by atoms with E-state index in [0.29, 0.717) is 21.8 Å². The van der Waals surface area contributed by atoms with Gasteiger partial charge in [-0.15, -0.1) is 0 Å². The lowest BCUT2D eigenvalue weighted by atomic mass is 9.95. The monoisotopic (exact) mass is 322 g/mol. The maximum absolute atomic E-state index is 12.8. The second-order valence-corrected chi connectivity index (χ2v) is 5.38. The largest absolute Gasteiger partial charge is 0.416 e. The van der Waals surface area contributed by atoms with Crippen molar-refractivity contribution in [3.63, 3.8) is 0 Å². The maximum atomic E-state index is 12.8. The van der Waals surface area contributed by atoms with E-state index in [1.165, 1.54) is 18.2 Å². The van der Waals surface area contributed by atoms with Crippen LogP contribution in [0.25, 0.3) is 11.1 Å². The molecule has 1 unspecified atom stereocenters. The molecule has 0 radical (unpaired) electrons. The molecule has 1 aliphatic heterocycles. The molecule has 120 valence electrons. The van der Waals surface area contributed by atoms with Crippen LogP contribution in [0.5, 0.6) is 0 Å². The van der Waals surface area contributed by atoms with Gasteiger partial charge in [-0.05, 0) is 41.3 Å². The lowest BCUT2D eigenvalue weighted by molar-refractivity contribution is -0.137. The first kappa shape index (κ1) is 15.5. The molecule has 1 amide bonds. The van der Waals surface area contributed by atoms with E-state index in [1.54, 1.807) is 12.1 Å². The molecular weight excluding hydrogens is 309 g/mol. The van der Waals surface area contributed by atoms with Crippen molar-refractivity contribution in [3.05, 3.63) is 53.6 Å². The Morgan fingerprint density at radius 2 is 1.83 bits per heavy atom. The van der Waals surface area contributed by atoms with Gasteiger partial charge in [-0.3, -0.25) is 10.0 Å². The van der Waals surface area contributed by atoms with E-state index in [0.717, 1.165) is 12.1 Å². The van der Waals surface area contributed by atoms with Crippen LogP contribution in [-0.2, 0) is 17.4 Å². The molecule has 2 aromatic carbocycles. The number of fused-ring (bicyclic) bond motifs is 1. The quantitative estimate of drug-likeness (QED) is 0.793. The first-order valence-corrected chi connectivity index (χ1v) is 6.86. The maximum Gasteiger partial charge on any atom is 0.416 e. The van der Waals surface area contributed by atoms with Crippen LogP contribution in [-0.4, -0.2) is 17.2 Å². The van der Waals surface area contributed by atoms with Gasteiger partial charge in [0.15, 0.2) is 0 Å². The van der Waals surface area contributed by atoms with E-state index in [1.807, 2.05) is 0 Å². The first-order valence-electron chi connectivity index (χ1n) is 6.86. The van der Waals surface area contributed by atoms with E-state index in [4.69, 9.17) is 5.73 Å². The van der Waals surface area contributed by atoms with Crippen molar-refractivity contribution in [2.24, 2.45) is 5.73 Å². The third-order valence-electron chi connectivity index (χ3n) is 3.80. The van der Waals surface area contributed by atoms with Gasteiger partial charge in [0.05, 0.1) is 17.3 Å². The smallest absolute Gasteiger partial charge is 0.320 e. The summed E-state index contributed by atoms with van der Waals surface area (Å²) in [5.41, 5.74) is 6.59. The molecule has 23 heavy (non-hydrogen) atoms. The van der Waals surface area contributed by atoms with Gasteiger partial charge >= 0.3 is 6.18 Å². The third kappa shape index (κ3) is 2.80. The summed E-state index contributed by atoms with van der Waals surface area (Å²) in [5.74, 6) is -0.640. The van der Waals surface area contributed by atoms with E-state index in [2.05, 4.69) is 0 Å². The van der Waals surface area contributed by atoms with Crippen molar-refractivity contribution in [2.75, 3.05) is 5.06 Å². The number of hydrogen-bond donors (Lipinski definition) is 2. The van der Waals surface area contributed by atoms with Gasteiger partial charge < -0.3 is 5.73 Å². The van der Waals surface area contributed by atoms with Gasteiger partial charge in [-0.2, -0.15) is 18.2 Å². The molecule has 1 aliphatic rings. The number of alkyl halides is 3. The number of carbonyl (C=O) groups is 1. The highest BCUT2D eigenvalue weighted by Crippen LogP contribution is 2.35. The average Bonchev–Trinajstić information content (AvgIpc) is 2.52. The van der Waals surface area contributed by atoms with Crippen LogP contribution < -0.4 is 10.8 Å². The standard InChI is InChI=1S/C16H13F3N2O2/c17-16(18,19)12-3-1-2-9(6-12)10-4-5-11-7-13(20)15(22)21(23)14(11)8-10/h1-6,8,13,23H,7,20H2. The van der Waals surface area contributed by atoms with E-state index >= 15 is 0 Å². The van der Waals surface area contributed by atoms with Crippen LogP contribution in [0.4, 0.5) is 18.9 Å². The molecule has 3 rings (SSSR count). The van der Waals surface area contributed by atoms with Crippen molar-refractivity contribution in [2.45, 2.75) is 18.6 Å². The molecule has 0 saturated carbocycles. The Kier molecular flexibility index (Phi) is 3.62. The third-order valence-corrected chi connectivity index (χ3v) is 3.80. The molecule has 3 N–H and O–H groups in total.